The van der Waals surface area contributed by atoms with E-state index in [1.54, 1.807) is 0 Å². The number of hydrogen-bond acceptors (Lipinski definition) is 4. The van der Waals surface area contributed by atoms with Crippen molar-refractivity contribution in [3.8, 4) is 11.4 Å². The molecule has 1 N–H and O–H groups in total. The Morgan fingerprint density at radius 1 is 1.08 bits per heavy atom. The predicted molar refractivity (Wildman–Crippen MR) is 101 cm³/mol. The van der Waals surface area contributed by atoms with E-state index in [0.717, 1.165) is 35.2 Å². The molecule has 0 radical (unpaired) electrons. The number of para-hydroxylation sites is 2. The summed E-state index contributed by atoms with van der Waals surface area (Å²) in [5, 5.41) is 0.888. The molecule has 0 atom stereocenters. The maximum atomic E-state index is 12.4. The van der Waals surface area contributed by atoms with Gasteiger partial charge in [0, 0.05) is 24.2 Å². The number of H-pyrrole nitrogens is 1. The molecule has 0 bridgehead atoms. The molecule has 2 heterocycles. The number of benzene rings is 2. The molecule has 0 saturated heterocycles. The molecule has 0 aliphatic carbocycles. The van der Waals surface area contributed by atoms with Gasteiger partial charge in [0.15, 0.2) is 0 Å². The molecule has 4 aromatic rings. The first-order valence-electron chi connectivity index (χ1n) is 8.47. The Morgan fingerprint density at radius 3 is 2.64 bits per heavy atom. The molecule has 2 aromatic carbocycles. The van der Waals surface area contributed by atoms with Crippen LogP contribution in [-0.2, 0) is 0 Å². The monoisotopic (exact) mass is 333 g/mol. The van der Waals surface area contributed by atoms with Gasteiger partial charge in [-0.2, -0.15) is 0 Å². The molecule has 0 saturated carbocycles. The average molecular weight is 333 g/mol. The van der Waals surface area contributed by atoms with Crippen LogP contribution in [0.5, 0.6) is 0 Å². The highest BCUT2D eigenvalue weighted by molar-refractivity contribution is 5.85. The van der Waals surface area contributed by atoms with Gasteiger partial charge in [-0.3, -0.25) is 0 Å². The van der Waals surface area contributed by atoms with Crippen LogP contribution < -0.4 is 10.5 Å². The minimum absolute atomic E-state index is 0.387. The third kappa shape index (κ3) is 2.67. The summed E-state index contributed by atoms with van der Waals surface area (Å²) in [5.41, 5.74) is 3.48. The minimum Gasteiger partial charge on any atom is -0.422 e. The van der Waals surface area contributed by atoms with Crippen LogP contribution >= 0.6 is 0 Å². The largest absolute Gasteiger partial charge is 0.422 e. The summed E-state index contributed by atoms with van der Waals surface area (Å²) in [6.45, 7) is 6.10. The second-order valence-electron chi connectivity index (χ2n) is 5.94. The number of nitrogens with zero attached hydrogens (tertiary/aromatic N) is 2. The summed E-state index contributed by atoms with van der Waals surface area (Å²) < 4.78 is 5.51. The highest BCUT2D eigenvalue weighted by Crippen LogP contribution is 2.25. The Kier molecular flexibility index (Phi) is 3.76. The van der Waals surface area contributed by atoms with Gasteiger partial charge in [-0.25, -0.2) is 9.78 Å². The Bertz CT molecular complexity index is 1070. The maximum absolute atomic E-state index is 12.4. The van der Waals surface area contributed by atoms with Gasteiger partial charge >= 0.3 is 5.63 Å². The number of imidazole rings is 1. The van der Waals surface area contributed by atoms with Gasteiger partial charge in [0.1, 0.15) is 17.0 Å². The Morgan fingerprint density at radius 2 is 1.88 bits per heavy atom. The topological polar surface area (TPSA) is 62.1 Å². The van der Waals surface area contributed by atoms with Crippen molar-refractivity contribution < 1.29 is 4.42 Å². The Labute approximate surface area is 144 Å². The fraction of sp³-hybridized carbons (Fsp3) is 0.200. The molecule has 5 nitrogen and oxygen atoms in total. The molecule has 2 aromatic heterocycles. The maximum Gasteiger partial charge on any atom is 0.347 e. The van der Waals surface area contributed by atoms with Crippen molar-refractivity contribution in [3.63, 3.8) is 0 Å². The van der Waals surface area contributed by atoms with Crippen LogP contribution in [0.4, 0.5) is 5.69 Å². The van der Waals surface area contributed by atoms with Crippen molar-refractivity contribution in [2.24, 2.45) is 0 Å². The van der Waals surface area contributed by atoms with E-state index in [9.17, 15) is 4.79 Å². The van der Waals surface area contributed by atoms with E-state index in [4.69, 9.17) is 4.42 Å². The van der Waals surface area contributed by atoms with Crippen molar-refractivity contribution in [2.45, 2.75) is 13.8 Å². The van der Waals surface area contributed by atoms with Crippen molar-refractivity contribution >= 4 is 27.7 Å². The summed E-state index contributed by atoms with van der Waals surface area (Å²) in [4.78, 5) is 22.4. The molecular weight excluding hydrogens is 314 g/mol. The molecule has 5 heteroatoms. The summed E-state index contributed by atoms with van der Waals surface area (Å²) in [7, 11) is 0. The molecule has 4 rings (SSSR count). The molecule has 0 aliphatic rings. The van der Waals surface area contributed by atoms with Gasteiger partial charge in [-0.05, 0) is 50.2 Å². The number of fused-ring (bicyclic) bond motifs is 2. The van der Waals surface area contributed by atoms with Gasteiger partial charge in [0.05, 0.1) is 11.0 Å². The minimum atomic E-state index is -0.387. The predicted octanol–water partition coefficient (Wildman–Crippen LogP) is 4.18. The van der Waals surface area contributed by atoms with Crippen LogP contribution in [0.15, 0.2) is 57.7 Å². The lowest BCUT2D eigenvalue weighted by molar-refractivity contribution is 0.563. The second-order valence-corrected chi connectivity index (χ2v) is 5.94. The SMILES string of the molecule is CCN(CC)c1ccc2oc(=O)c(-c3nc4ccccc4[nH]3)cc2c1. The Hall–Kier alpha value is -3.08. The average Bonchev–Trinajstić information content (AvgIpc) is 3.06. The van der Waals surface area contributed by atoms with Crippen LogP contribution in [-0.4, -0.2) is 23.1 Å². The number of anilines is 1. The van der Waals surface area contributed by atoms with Crippen molar-refractivity contribution in [3.05, 3.63) is 59.0 Å². The fourth-order valence-corrected chi connectivity index (χ4v) is 3.14. The first-order chi connectivity index (χ1) is 12.2. The van der Waals surface area contributed by atoms with Crippen LogP contribution in [0.2, 0.25) is 0 Å². The summed E-state index contributed by atoms with van der Waals surface area (Å²) in [5.74, 6) is 0.532. The van der Waals surface area contributed by atoms with Crippen molar-refractivity contribution in [1.29, 1.82) is 0 Å². The highest BCUT2D eigenvalue weighted by Gasteiger charge is 2.13. The first kappa shape index (κ1) is 15.4. The van der Waals surface area contributed by atoms with Crippen LogP contribution in [0.3, 0.4) is 0 Å². The van der Waals surface area contributed by atoms with E-state index in [0.29, 0.717) is 17.0 Å². The van der Waals surface area contributed by atoms with Crippen LogP contribution in [0.1, 0.15) is 13.8 Å². The van der Waals surface area contributed by atoms with Crippen LogP contribution in [0.25, 0.3) is 33.4 Å². The lowest BCUT2D eigenvalue weighted by Crippen LogP contribution is -2.21. The molecule has 0 unspecified atom stereocenters. The summed E-state index contributed by atoms with van der Waals surface area (Å²) in [6, 6.07) is 15.5. The zero-order chi connectivity index (χ0) is 17.4. The third-order valence-corrected chi connectivity index (χ3v) is 4.49. The van der Waals surface area contributed by atoms with E-state index >= 15 is 0 Å². The van der Waals surface area contributed by atoms with E-state index < -0.39 is 0 Å². The van der Waals surface area contributed by atoms with Crippen LogP contribution in [0, 0.1) is 0 Å². The Balaban J connectivity index is 1.88. The highest BCUT2D eigenvalue weighted by atomic mass is 16.4. The fourth-order valence-electron chi connectivity index (χ4n) is 3.14. The summed E-state index contributed by atoms with van der Waals surface area (Å²) in [6.07, 6.45) is 0. The molecule has 126 valence electrons. The molecule has 25 heavy (non-hydrogen) atoms. The third-order valence-electron chi connectivity index (χ3n) is 4.49. The molecule has 0 amide bonds. The number of hydrogen-bond donors (Lipinski definition) is 1. The normalized spacial score (nSPS) is 11.3. The summed E-state index contributed by atoms with van der Waals surface area (Å²) >= 11 is 0. The standard InChI is InChI=1S/C20H19N3O2/c1-3-23(4-2)14-9-10-18-13(11-14)12-15(20(24)25-18)19-21-16-7-5-6-8-17(16)22-19/h5-12H,3-4H2,1-2H3,(H,21,22). The molecular formula is C20H19N3O2. The van der Waals surface area contributed by atoms with E-state index in [1.165, 1.54) is 0 Å². The van der Waals surface area contributed by atoms with Gasteiger partial charge in [0.2, 0.25) is 0 Å². The molecule has 0 fully saturated rings. The lowest BCUT2D eigenvalue weighted by Gasteiger charge is -2.21. The van der Waals surface area contributed by atoms with Gasteiger partial charge < -0.3 is 14.3 Å². The van der Waals surface area contributed by atoms with Gasteiger partial charge in [-0.1, -0.05) is 12.1 Å². The number of rotatable bonds is 4. The quantitative estimate of drug-likeness (QED) is 0.569. The second kappa shape index (κ2) is 6.09. The smallest absolute Gasteiger partial charge is 0.347 e. The van der Waals surface area contributed by atoms with Gasteiger partial charge in [0.25, 0.3) is 0 Å². The number of aromatic nitrogens is 2. The van der Waals surface area contributed by atoms with E-state index in [-0.39, 0.29) is 5.63 Å². The molecule has 0 spiro atoms. The van der Waals surface area contributed by atoms with Crippen molar-refractivity contribution in [1.82, 2.24) is 9.97 Å². The van der Waals surface area contributed by atoms with Crippen molar-refractivity contribution in [2.75, 3.05) is 18.0 Å². The zero-order valence-electron chi connectivity index (χ0n) is 14.2. The van der Waals surface area contributed by atoms with E-state index in [2.05, 4.69) is 34.8 Å². The van der Waals surface area contributed by atoms with Gasteiger partial charge in [-0.15, -0.1) is 0 Å². The lowest BCUT2D eigenvalue weighted by atomic mass is 10.1. The zero-order valence-corrected chi connectivity index (χ0v) is 14.2. The first-order valence-corrected chi connectivity index (χ1v) is 8.47. The number of aromatic amines is 1. The molecule has 0 aliphatic heterocycles. The van der Waals surface area contributed by atoms with E-state index in [1.807, 2.05) is 42.5 Å². The number of nitrogens with one attached hydrogen (secondary N) is 1.